The molecular weight excluding hydrogens is 306 g/mol. The molecule has 1 N–H and O–H groups in total. The lowest BCUT2D eigenvalue weighted by Crippen LogP contribution is -2.36. The first-order chi connectivity index (χ1) is 11.4. The van der Waals surface area contributed by atoms with Crippen LogP contribution in [-0.4, -0.2) is 20.1 Å². The van der Waals surface area contributed by atoms with E-state index in [1.54, 1.807) is 30.3 Å². The number of benzene rings is 1. The van der Waals surface area contributed by atoms with Gasteiger partial charge < -0.3 is 4.74 Å². The van der Waals surface area contributed by atoms with Gasteiger partial charge in [0.1, 0.15) is 5.65 Å². The average molecular weight is 323 g/mol. The van der Waals surface area contributed by atoms with Crippen LogP contribution in [-0.2, 0) is 17.8 Å². The van der Waals surface area contributed by atoms with Gasteiger partial charge in [-0.1, -0.05) is 18.2 Å². The summed E-state index contributed by atoms with van der Waals surface area (Å²) in [6, 6.07) is 10.6. The second-order valence-electron chi connectivity index (χ2n) is 6.62. The summed E-state index contributed by atoms with van der Waals surface area (Å²) < 4.78 is 6.93. The monoisotopic (exact) mass is 323 g/mol. The van der Waals surface area contributed by atoms with Gasteiger partial charge >= 0.3 is 5.69 Å². The number of rotatable bonds is 1. The maximum atomic E-state index is 12.8. The van der Waals surface area contributed by atoms with Crippen molar-refractivity contribution in [3.8, 4) is 5.69 Å². The van der Waals surface area contributed by atoms with Crippen molar-refractivity contribution in [1.82, 2.24) is 14.5 Å². The standard InChI is InChI=1S/C18H17N3O3/c1-18(2)9-14-11(10-24-18)8-13-15(19-14)20-17(23)21(16(13)22)12-6-4-3-5-7-12/h3-8H,9-10H2,1-2H3,(H,19,20,23). The molecule has 3 aromatic rings. The van der Waals surface area contributed by atoms with E-state index in [0.717, 1.165) is 15.8 Å². The van der Waals surface area contributed by atoms with Gasteiger partial charge in [0.05, 0.1) is 29.0 Å². The van der Waals surface area contributed by atoms with E-state index in [4.69, 9.17) is 4.74 Å². The highest BCUT2D eigenvalue weighted by Crippen LogP contribution is 2.27. The third kappa shape index (κ3) is 2.35. The molecule has 1 aliphatic rings. The van der Waals surface area contributed by atoms with Gasteiger partial charge in [-0.25, -0.2) is 14.3 Å². The third-order valence-electron chi connectivity index (χ3n) is 4.28. The number of hydrogen-bond acceptors (Lipinski definition) is 4. The minimum atomic E-state index is -0.488. The zero-order valence-electron chi connectivity index (χ0n) is 13.5. The molecule has 2 aromatic heterocycles. The summed E-state index contributed by atoms with van der Waals surface area (Å²) in [5, 5.41) is 0.389. The summed E-state index contributed by atoms with van der Waals surface area (Å²) in [7, 11) is 0. The summed E-state index contributed by atoms with van der Waals surface area (Å²) >= 11 is 0. The molecule has 0 aliphatic carbocycles. The molecule has 1 aromatic carbocycles. The van der Waals surface area contributed by atoms with Gasteiger partial charge in [0.15, 0.2) is 0 Å². The van der Waals surface area contributed by atoms with E-state index in [0.29, 0.717) is 29.7 Å². The van der Waals surface area contributed by atoms with Crippen LogP contribution >= 0.6 is 0 Å². The minimum Gasteiger partial charge on any atom is -0.370 e. The molecule has 0 saturated carbocycles. The van der Waals surface area contributed by atoms with Crippen molar-refractivity contribution in [2.45, 2.75) is 32.5 Å². The van der Waals surface area contributed by atoms with Crippen LogP contribution in [0.5, 0.6) is 0 Å². The molecule has 0 radical (unpaired) electrons. The Morgan fingerprint density at radius 1 is 1.21 bits per heavy atom. The van der Waals surface area contributed by atoms with Crippen molar-refractivity contribution in [2.75, 3.05) is 0 Å². The number of aromatic amines is 1. The fourth-order valence-corrected chi connectivity index (χ4v) is 3.04. The molecule has 0 unspecified atom stereocenters. The SMILES string of the molecule is CC1(C)Cc2nc3[nH]c(=O)n(-c4ccccc4)c(=O)c3cc2CO1. The van der Waals surface area contributed by atoms with Gasteiger partial charge in [0.25, 0.3) is 5.56 Å². The lowest BCUT2D eigenvalue weighted by molar-refractivity contribution is -0.0411. The number of hydrogen-bond donors (Lipinski definition) is 1. The van der Waals surface area contributed by atoms with Crippen molar-refractivity contribution >= 4 is 11.0 Å². The van der Waals surface area contributed by atoms with Gasteiger partial charge in [0, 0.05) is 12.0 Å². The second-order valence-corrected chi connectivity index (χ2v) is 6.62. The first-order valence-electron chi connectivity index (χ1n) is 7.82. The molecule has 6 nitrogen and oxygen atoms in total. The number of fused-ring (bicyclic) bond motifs is 2. The summed E-state index contributed by atoms with van der Waals surface area (Å²) in [5.74, 6) is 0. The molecule has 4 rings (SSSR count). The van der Waals surface area contributed by atoms with Gasteiger partial charge in [-0.05, 0) is 32.0 Å². The topological polar surface area (TPSA) is 77.0 Å². The number of ether oxygens (including phenoxy) is 1. The van der Waals surface area contributed by atoms with Crippen LogP contribution in [0.15, 0.2) is 46.0 Å². The van der Waals surface area contributed by atoms with E-state index in [1.165, 1.54) is 0 Å². The average Bonchev–Trinajstić information content (AvgIpc) is 2.54. The molecule has 0 fully saturated rings. The van der Waals surface area contributed by atoms with Crippen LogP contribution in [0.25, 0.3) is 16.7 Å². The molecule has 1 aliphatic heterocycles. The zero-order chi connectivity index (χ0) is 16.9. The molecule has 0 saturated heterocycles. The van der Waals surface area contributed by atoms with Crippen LogP contribution in [0.2, 0.25) is 0 Å². The van der Waals surface area contributed by atoms with Crippen LogP contribution in [0, 0.1) is 0 Å². The second kappa shape index (κ2) is 5.14. The maximum absolute atomic E-state index is 12.8. The summed E-state index contributed by atoms with van der Waals surface area (Å²) in [6.45, 7) is 4.41. The molecule has 24 heavy (non-hydrogen) atoms. The molecule has 0 bridgehead atoms. The van der Waals surface area contributed by atoms with E-state index in [1.807, 2.05) is 19.9 Å². The minimum absolute atomic E-state index is 0.299. The number of H-pyrrole nitrogens is 1. The Kier molecular flexibility index (Phi) is 3.18. The predicted octanol–water partition coefficient (Wildman–Crippen LogP) is 1.93. The van der Waals surface area contributed by atoms with Gasteiger partial charge in [0.2, 0.25) is 0 Å². The molecule has 0 amide bonds. The van der Waals surface area contributed by atoms with E-state index in [9.17, 15) is 9.59 Å². The third-order valence-corrected chi connectivity index (χ3v) is 4.28. The highest BCUT2D eigenvalue weighted by atomic mass is 16.5. The van der Waals surface area contributed by atoms with Crippen molar-refractivity contribution in [3.05, 3.63) is 68.5 Å². The molecule has 0 spiro atoms. The fraction of sp³-hybridized carbons (Fsp3) is 0.278. The zero-order valence-corrected chi connectivity index (χ0v) is 13.5. The Balaban J connectivity index is 1.98. The first kappa shape index (κ1) is 14.8. The molecule has 122 valence electrons. The number of pyridine rings is 1. The fourth-order valence-electron chi connectivity index (χ4n) is 3.04. The van der Waals surface area contributed by atoms with E-state index in [-0.39, 0.29) is 11.2 Å². The lowest BCUT2D eigenvalue weighted by atomic mass is 9.95. The Morgan fingerprint density at radius 2 is 1.96 bits per heavy atom. The molecule has 3 heterocycles. The number of nitrogens with zero attached hydrogens (tertiary/aromatic N) is 2. The number of para-hydroxylation sites is 1. The van der Waals surface area contributed by atoms with Gasteiger partial charge in [-0.3, -0.25) is 9.78 Å². The molecule has 6 heteroatoms. The quantitative estimate of drug-likeness (QED) is 0.742. The Bertz CT molecular complexity index is 1050. The van der Waals surface area contributed by atoms with Crippen LogP contribution in [0.3, 0.4) is 0 Å². The lowest BCUT2D eigenvalue weighted by Gasteiger charge is -2.31. The Hall–Kier alpha value is -2.73. The van der Waals surface area contributed by atoms with Crippen molar-refractivity contribution in [1.29, 1.82) is 0 Å². The van der Waals surface area contributed by atoms with Crippen molar-refractivity contribution < 1.29 is 4.74 Å². The first-order valence-corrected chi connectivity index (χ1v) is 7.82. The largest absolute Gasteiger partial charge is 0.370 e. The van der Waals surface area contributed by atoms with E-state index < -0.39 is 5.69 Å². The van der Waals surface area contributed by atoms with Crippen molar-refractivity contribution in [3.63, 3.8) is 0 Å². The number of nitrogens with one attached hydrogen (secondary N) is 1. The van der Waals surface area contributed by atoms with Crippen LogP contribution in [0.4, 0.5) is 0 Å². The molecular formula is C18H17N3O3. The highest BCUT2D eigenvalue weighted by Gasteiger charge is 2.28. The van der Waals surface area contributed by atoms with Crippen LogP contribution in [0.1, 0.15) is 25.1 Å². The normalized spacial score (nSPS) is 16.1. The Morgan fingerprint density at radius 3 is 2.71 bits per heavy atom. The predicted molar refractivity (Wildman–Crippen MR) is 90.5 cm³/mol. The summed E-state index contributed by atoms with van der Waals surface area (Å²) in [5.41, 5.74) is 1.45. The van der Waals surface area contributed by atoms with E-state index >= 15 is 0 Å². The smallest absolute Gasteiger partial charge is 0.334 e. The Labute approximate surface area is 137 Å². The van der Waals surface area contributed by atoms with E-state index in [2.05, 4.69) is 9.97 Å². The van der Waals surface area contributed by atoms with Crippen LogP contribution < -0.4 is 11.2 Å². The molecule has 0 atom stereocenters. The van der Waals surface area contributed by atoms with Crippen molar-refractivity contribution in [2.24, 2.45) is 0 Å². The number of aromatic nitrogens is 3. The summed E-state index contributed by atoms with van der Waals surface area (Å²) in [4.78, 5) is 32.5. The summed E-state index contributed by atoms with van der Waals surface area (Å²) in [6.07, 6.45) is 0.641. The van der Waals surface area contributed by atoms with Gasteiger partial charge in [-0.2, -0.15) is 0 Å². The maximum Gasteiger partial charge on any atom is 0.334 e. The highest BCUT2D eigenvalue weighted by molar-refractivity contribution is 5.75. The van der Waals surface area contributed by atoms with Gasteiger partial charge in [-0.15, -0.1) is 0 Å².